The van der Waals surface area contributed by atoms with E-state index in [0.29, 0.717) is 0 Å². The molecular formula is C22H29BN2O2S. The van der Waals surface area contributed by atoms with E-state index in [1.54, 1.807) is 6.08 Å². The van der Waals surface area contributed by atoms with Crippen LogP contribution < -0.4 is 10.2 Å². The first-order chi connectivity index (χ1) is 13.6. The molecule has 2 radical (unpaired) electrons. The van der Waals surface area contributed by atoms with E-state index in [1.807, 2.05) is 47.7 Å². The summed E-state index contributed by atoms with van der Waals surface area (Å²) in [5.41, 5.74) is 2.97. The van der Waals surface area contributed by atoms with Crippen LogP contribution in [0.2, 0.25) is 0 Å². The SMILES string of the molecule is [B]c1ccc2c(c1)CCC(CCCCN1CCN(C(/C=C\C)=C/C=C)[S+]1[O-])O2. The zero-order valence-electron chi connectivity index (χ0n) is 16.7. The highest BCUT2D eigenvalue weighted by Gasteiger charge is 2.36. The van der Waals surface area contributed by atoms with E-state index in [-0.39, 0.29) is 6.10 Å². The number of unbranched alkanes of at least 4 members (excludes halogenated alkanes) is 1. The highest BCUT2D eigenvalue weighted by Crippen LogP contribution is 2.29. The highest BCUT2D eigenvalue weighted by atomic mass is 32.2. The van der Waals surface area contributed by atoms with Crippen LogP contribution in [-0.4, -0.2) is 46.7 Å². The van der Waals surface area contributed by atoms with Crippen LogP contribution in [-0.2, 0) is 18.0 Å². The Balaban J connectivity index is 1.42. The number of allylic oxidation sites excluding steroid dienone is 4. The van der Waals surface area contributed by atoms with Crippen molar-refractivity contribution in [2.24, 2.45) is 0 Å². The van der Waals surface area contributed by atoms with Gasteiger partial charge in [-0.25, -0.2) is 0 Å². The molecule has 2 heterocycles. The third-order valence-electron chi connectivity index (χ3n) is 5.17. The van der Waals surface area contributed by atoms with Gasteiger partial charge >= 0.3 is 0 Å². The second kappa shape index (κ2) is 10.2. The van der Waals surface area contributed by atoms with Gasteiger partial charge < -0.3 is 9.29 Å². The molecule has 0 spiro atoms. The molecule has 0 amide bonds. The van der Waals surface area contributed by atoms with Gasteiger partial charge in [-0.1, -0.05) is 36.3 Å². The largest absolute Gasteiger partial charge is 0.573 e. The summed E-state index contributed by atoms with van der Waals surface area (Å²) in [5.74, 6) is 0.979. The van der Waals surface area contributed by atoms with Gasteiger partial charge in [0.05, 0.1) is 24.9 Å². The molecule has 2 unspecified atom stereocenters. The van der Waals surface area contributed by atoms with Crippen molar-refractivity contribution < 1.29 is 9.29 Å². The predicted molar refractivity (Wildman–Crippen MR) is 118 cm³/mol. The van der Waals surface area contributed by atoms with Crippen LogP contribution in [0, 0.1) is 0 Å². The topological polar surface area (TPSA) is 38.8 Å². The van der Waals surface area contributed by atoms with Gasteiger partial charge in [0.2, 0.25) is 0 Å². The minimum Gasteiger partial charge on any atom is -0.573 e. The van der Waals surface area contributed by atoms with Crippen molar-refractivity contribution in [3.63, 3.8) is 0 Å². The number of rotatable bonds is 8. The van der Waals surface area contributed by atoms with Crippen molar-refractivity contribution in [2.45, 2.75) is 45.1 Å². The second-order valence-corrected chi connectivity index (χ2v) is 8.65. The molecular weight excluding hydrogens is 367 g/mol. The standard InChI is InChI=1S/C22H29BN2O2S/c1-3-7-20(8-4-2)25-16-15-24(28(25)26)14-6-5-9-21-12-10-18-17-19(23)11-13-22(18)27-21/h3-4,7-8,11,13,17,21H,1,5-6,9-10,12,14-16H2,2H3/b8-4-,20-7+. The molecule has 2 aliphatic heterocycles. The molecule has 0 aliphatic carbocycles. The highest BCUT2D eigenvalue weighted by molar-refractivity contribution is 7.87. The molecule has 0 bridgehead atoms. The van der Waals surface area contributed by atoms with Gasteiger partial charge in [0.1, 0.15) is 13.6 Å². The number of benzene rings is 1. The molecule has 3 rings (SSSR count). The molecule has 4 nitrogen and oxygen atoms in total. The average Bonchev–Trinajstić information content (AvgIpc) is 3.05. The lowest BCUT2D eigenvalue weighted by Gasteiger charge is -2.27. The van der Waals surface area contributed by atoms with E-state index in [1.165, 1.54) is 5.56 Å². The van der Waals surface area contributed by atoms with E-state index < -0.39 is 11.5 Å². The molecule has 148 valence electrons. The third kappa shape index (κ3) is 5.25. The zero-order chi connectivity index (χ0) is 19.9. The molecule has 1 saturated heterocycles. The van der Waals surface area contributed by atoms with Crippen molar-refractivity contribution in [3.05, 3.63) is 60.3 Å². The van der Waals surface area contributed by atoms with Gasteiger partial charge in [-0.2, -0.15) is 4.31 Å². The van der Waals surface area contributed by atoms with Crippen molar-refractivity contribution in [2.75, 3.05) is 19.6 Å². The third-order valence-corrected chi connectivity index (χ3v) is 6.75. The minimum atomic E-state index is -1.12. The smallest absolute Gasteiger partial charge is 0.169 e. The van der Waals surface area contributed by atoms with Crippen LogP contribution in [0.3, 0.4) is 0 Å². The minimum absolute atomic E-state index is 0.272. The fourth-order valence-electron chi connectivity index (χ4n) is 3.75. The number of hydrogen-bond acceptors (Lipinski definition) is 4. The number of aryl methyl sites for hydroxylation is 1. The number of hydrogen-bond donors (Lipinski definition) is 0. The fourth-order valence-corrected chi connectivity index (χ4v) is 5.09. The normalized spacial score (nSPS) is 23.1. The first kappa shape index (κ1) is 21.1. The number of ether oxygens (including phenoxy) is 1. The fraction of sp³-hybridized carbons (Fsp3) is 0.455. The van der Waals surface area contributed by atoms with Crippen LogP contribution in [0.15, 0.2) is 54.8 Å². The molecule has 2 aliphatic rings. The molecule has 28 heavy (non-hydrogen) atoms. The molecule has 6 heteroatoms. The molecule has 1 aromatic carbocycles. The molecule has 0 aromatic heterocycles. The summed E-state index contributed by atoms with van der Waals surface area (Å²) in [7, 11) is 5.85. The van der Waals surface area contributed by atoms with Crippen LogP contribution in [0.1, 0.15) is 38.2 Å². The lowest BCUT2D eigenvalue weighted by atomic mass is 9.90. The summed E-state index contributed by atoms with van der Waals surface area (Å²) < 4.78 is 22.9. The number of fused-ring (bicyclic) bond motifs is 1. The Kier molecular flexibility index (Phi) is 7.71. The van der Waals surface area contributed by atoms with Gasteiger partial charge in [0.15, 0.2) is 11.5 Å². The summed E-state index contributed by atoms with van der Waals surface area (Å²) >= 11 is -1.12. The quantitative estimate of drug-likeness (QED) is 0.293. The summed E-state index contributed by atoms with van der Waals surface area (Å²) in [6.07, 6.45) is 13.1. The maximum Gasteiger partial charge on any atom is 0.169 e. The first-order valence-corrected chi connectivity index (χ1v) is 11.1. The van der Waals surface area contributed by atoms with Gasteiger partial charge in [0, 0.05) is 6.54 Å². The van der Waals surface area contributed by atoms with Crippen LogP contribution in [0.4, 0.5) is 0 Å². The van der Waals surface area contributed by atoms with E-state index in [9.17, 15) is 4.55 Å². The van der Waals surface area contributed by atoms with Gasteiger partial charge in [-0.05, 0) is 62.8 Å². The predicted octanol–water partition coefficient (Wildman–Crippen LogP) is 3.19. The van der Waals surface area contributed by atoms with Crippen LogP contribution >= 0.6 is 0 Å². The number of nitrogens with zero attached hydrogens (tertiary/aromatic N) is 2. The maximum absolute atomic E-state index is 12.8. The lowest BCUT2D eigenvalue weighted by molar-refractivity contribution is 0.160. The van der Waals surface area contributed by atoms with E-state index in [0.717, 1.165) is 68.6 Å². The second-order valence-electron chi connectivity index (χ2n) is 7.23. The molecule has 1 fully saturated rings. The summed E-state index contributed by atoms with van der Waals surface area (Å²) in [5, 5.41) is 0. The summed E-state index contributed by atoms with van der Waals surface area (Å²) in [4.78, 5) is 0. The monoisotopic (exact) mass is 396 g/mol. The van der Waals surface area contributed by atoms with Crippen molar-refractivity contribution >= 4 is 24.9 Å². The summed E-state index contributed by atoms with van der Waals surface area (Å²) in [6, 6.07) is 5.90. The van der Waals surface area contributed by atoms with Gasteiger partial charge in [-0.3, -0.25) is 0 Å². The van der Waals surface area contributed by atoms with Crippen molar-refractivity contribution in [3.8, 4) is 5.75 Å². The average molecular weight is 396 g/mol. The van der Waals surface area contributed by atoms with Gasteiger partial charge in [0.25, 0.3) is 0 Å². The van der Waals surface area contributed by atoms with E-state index >= 15 is 0 Å². The van der Waals surface area contributed by atoms with Crippen LogP contribution in [0.25, 0.3) is 0 Å². The Morgan fingerprint density at radius 1 is 1.39 bits per heavy atom. The van der Waals surface area contributed by atoms with Crippen molar-refractivity contribution in [1.82, 2.24) is 8.61 Å². The Bertz CT molecular complexity index is 737. The lowest BCUT2D eigenvalue weighted by Crippen LogP contribution is -2.33. The van der Waals surface area contributed by atoms with Crippen molar-refractivity contribution in [1.29, 1.82) is 0 Å². The summed E-state index contributed by atoms with van der Waals surface area (Å²) in [6.45, 7) is 8.17. The maximum atomic E-state index is 12.8. The Hall–Kier alpha value is -1.63. The first-order valence-electron chi connectivity index (χ1n) is 10.1. The van der Waals surface area contributed by atoms with E-state index in [2.05, 4.69) is 10.9 Å². The molecule has 0 N–H and O–H groups in total. The molecule has 2 atom stereocenters. The Morgan fingerprint density at radius 3 is 3.04 bits per heavy atom. The Morgan fingerprint density at radius 2 is 2.25 bits per heavy atom. The molecule has 1 aromatic rings. The van der Waals surface area contributed by atoms with E-state index in [4.69, 9.17) is 12.6 Å². The van der Waals surface area contributed by atoms with Gasteiger partial charge in [-0.15, -0.1) is 4.31 Å². The molecule has 0 saturated carbocycles. The Labute approximate surface area is 173 Å². The zero-order valence-corrected chi connectivity index (χ0v) is 17.5. The van der Waals surface area contributed by atoms with Crippen LogP contribution in [0.5, 0.6) is 5.75 Å².